The Morgan fingerprint density at radius 1 is 1.10 bits per heavy atom. The molecule has 0 spiro atoms. The van der Waals surface area contributed by atoms with E-state index >= 15 is 0 Å². The van der Waals surface area contributed by atoms with Gasteiger partial charge in [0.15, 0.2) is 11.5 Å². The van der Waals surface area contributed by atoms with Gasteiger partial charge in [0.1, 0.15) is 0 Å². The molecule has 2 aromatic rings. The molecule has 0 saturated carbocycles. The molecule has 9 heteroatoms. The van der Waals surface area contributed by atoms with Gasteiger partial charge in [-0.25, -0.2) is 19.3 Å². The third kappa shape index (κ3) is 4.72. The zero-order valence-corrected chi connectivity index (χ0v) is 16.6. The molecule has 0 N–H and O–H groups in total. The van der Waals surface area contributed by atoms with Gasteiger partial charge in [0.2, 0.25) is 5.91 Å². The number of hydrogen-bond donors (Lipinski definition) is 0. The van der Waals surface area contributed by atoms with E-state index in [-0.39, 0.29) is 23.4 Å². The van der Waals surface area contributed by atoms with E-state index in [2.05, 4.69) is 15.0 Å². The monoisotopic (exact) mass is 413 g/mol. The van der Waals surface area contributed by atoms with Crippen molar-refractivity contribution in [3.05, 3.63) is 48.3 Å². The lowest BCUT2D eigenvalue weighted by Gasteiger charge is -2.33. The number of halogens is 1. The van der Waals surface area contributed by atoms with Gasteiger partial charge in [0, 0.05) is 57.1 Å². The van der Waals surface area contributed by atoms with E-state index in [4.69, 9.17) is 4.74 Å². The van der Waals surface area contributed by atoms with E-state index in [1.807, 2.05) is 4.90 Å². The van der Waals surface area contributed by atoms with Crippen molar-refractivity contribution in [2.45, 2.75) is 19.3 Å². The Hall–Kier alpha value is -3.10. The van der Waals surface area contributed by atoms with E-state index in [0.717, 1.165) is 12.8 Å². The predicted molar refractivity (Wildman–Crippen MR) is 105 cm³/mol. The summed E-state index contributed by atoms with van der Waals surface area (Å²) in [5.74, 6) is -0.393. The van der Waals surface area contributed by atoms with Gasteiger partial charge in [0.05, 0.1) is 6.61 Å². The Balaban J connectivity index is 1.23. The lowest BCUT2D eigenvalue weighted by atomic mass is 9.96. The van der Waals surface area contributed by atoms with Crippen LogP contribution in [0.15, 0.2) is 36.8 Å². The molecule has 1 atom stereocenters. The summed E-state index contributed by atoms with van der Waals surface area (Å²) in [6.45, 7) is 2.83. The van der Waals surface area contributed by atoms with Gasteiger partial charge in [-0.15, -0.1) is 0 Å². The van der Waals surface area contributed by atoms with Crippen molar-refractivity contribution in [3.8, 4) is 6.01 Å². The van der Waals surface area contributed by atoms with Crippen molar-refractivity contribution in [2.75, 3.05) is 32.8 Å². The van der Waals surface area contributed by atoms with Crippen LogP contribution < -0.4 is 4.74 Å². The SMILES string of the molecule is O=C1CC(COc2ncccn2)CN1CC1CCN(C(=O)c2ncccc2F)CC1. The van der Waals surface area contributed by atoms with Gasteiger partial charge in [0.25, 0.3) is 5.91 Å². The molecular formula is C21H24FN5O3. The minimum Gasteiger partial charge on any atom is -0.463 e. The first-order chi connectivity index (χ1) is 14.6. The van der Waals surface area contributed by atoms with E-state index < -0.39 is 5.82 Å². The van der Waals surface area contributed by atoms with Crippen molar-refractivity contribution in [1.82, 2.24) is 24.8 Å². The second kappa shape index (κ2) is 9.15. The van der Waals surface area contributed by atoms with Crippen LogP contribution in [0.2, 0.25) is 0 Å². The number of nitrogens with zero attached hydrogens (tertiary/aromatic N) is 5. The second-order valence-electron chi connectivity index (χ2n) is 7.78. The van der Waals surface area contributed by atoms with Gasteiger partial charge in [-0.3, -0.25) is 9.59 Å². The summed E-state index contributed by atoms with van der Waals surface area (Å²) in [6.07, 6.45) is 6.68. The van der Waals surface area contributed by atoms with Gasteiger partial charge >= 0.3 is 6.01 Å². The molecule has 2 amide bonds. The molecule has 0 radical (unpaired) electrons. The van der Waals surface area contributed by atoms with Gasteiger partial charge in [-0.1, -0.05) is 0 Å². The maximum atomic E-state index is 13.8. The van der Waals surface area contributed by atoms with Crippen LogP contribution in [0.1, 0.15) is 29.8 Å². The van der Waals surface area contributed by atoms with Crippen molar-refractivity contribution in [3.63, 3.8) is 0 Å². The third-order valence-corrected chi connectivity index (χ3v) is 5.63. The molecule has 2 fully saturated rings. The number of pyridine rings is 1. The average Bonchev–Trinajstić information content (AvgIpc) is 3.12. The van der Waals surface area contributed by atoms with Crippen LogP contribution in [0.25, 0.3) is 0 Å². The molecule has 1 unspecified atom stereocenters. The van der Waals surface area contributed by atoms with Crippen molar-refractivity contribution in [1.29, 1.82) is 0 Å². The summed E-state index contributed by atoms with van der Waals surface area (Å²) in [7, 11) is 0. The first kappa shape index (κ1) is 20.2. The lowest BCUT2D eigenvalue weighted by molar-refractivity contribution is -0.128. The normalized spacial score (nSPS) is 19.9. The fraction of sp³-hybridized carbons (Fsp3) is 0.476. The summed E-state index contributed by atoms with van der Waals surface area (Å²) in [5.41, 5.74) is -0.129. The number of hydrogen-bond acceptors (Lipinski definition) is 6. The van der Waals surface area contributed by atoms with E-state index in [0.29, 0.717) is 51.1 Å². The van der Waals surface area contributed by atoms with E-state index in [1.54, 1.807) is 23.4 Å². The molecule has 30 heavy (non-hydrogen) atoms. The zero-order chi connectivity index (χ0) is 20.9. The molecule has 2 aromatic heterocycles. The Morgan fingerprint density at radius 3 is 2.57 bits per heavy atom. The van der Waals surface area contributed by atoms with Gasteiger partial charge in [-0.05, 0) is 37.0 Å². The Labute approximate surface area is 174 Å². The van der Waals surface area contributed by atoms with Crippen LogP contribution in [0.4, 0.5) is 4.39 Å². The molecule has 0 aromatic carbocycles. The molecule has 158 valence electrons. The maximum Gasteiger partial charge on any atom is 0.316 e. The van der Waals surface area contributed by atoms with Gasteiger partial charge < -0.3 is 14.5 Å². The van der Waals surface area contributed by atoms with Crippen LogP contribution in [-0.2, 0) is 4.79 Å². The number of aromatic nitrogens is 3. The smallest absolute Gasteiger partial charge is 0.316 e. The number of ether oxygens (including phenoxy) is 1. The van der Waals surface area contributed by atoms with Crippen LogP contribution >= 0.6 is 0 Å². The Morgan fingerprint density at radius 2 is 1.83 bits per heavy atom. The highest BCUT2D eigenvalue weighted by molar-refractivity contribution is 5.92. The van der Waals surface area contributed by atoms with Crippen molar-refractivity contribution >= 4 is 11.8 Å². The fourth-order valence-electron chi connectivity index (χ4n) is 4.02. The van der Waals surface area contributed by atoms with Crippen LogP contribution in [0.3, 0.4) is 0 Å². The molecule has 2 aliphatic rings. The molecular weight excluding hydrogens is 389 g/mol. The molecule has 8 nitrogen and oxygen atoms in total. The molecule has 2 aliphatic heterocycles. The summed E-state index contributed by atoms with van der Waals surface area (Å²) >= 11 is 0. The number of carbonyl (C=O) groups excluding carboxylic acids is 2. The highest BCUT2D eigenvalue weighted by Crippen LogP contribution is 2.25. The summed E-state index contributed by atoms with van der Waals surface area (Å²) in [6, 6.07) is 4.76. The van der Waals surface area contributed by atoms with Crippen molar-refractivity contribution < 1.29 is 18.7 Å². The summed E-state index contributed by atoms with van der Waals surface area (Å²) in [5, 5.41) is 0. The molecule has 0 aliphatic carbocycles. The number of amides is 2. The largest absolute Gasteiger partial charge is 0.463 e. The molecule has 4 heterocycles. The Bertz CT molecular complexity index is 889. The lowest BCUT2D eigenvalue weighted by Crippen LogP contribution is -2.42. The third-order valence-electron chi connectivity index (χ3n) is 5.63. The van der Waals surface area contributed by atoms with Crippen LogP contribution in [-0.4, -0.2) is 69.4 Å². The maximum absolute atomic E-state index is 13.8. The number of carbonyl (C=O) groups is 2. The summed E-state index contributed by atoms with van der Waals surface area (Å²) in [4.78, 5) is 40.3. The van der Waals surface area contributed by atoms with Gasteiger partial charge in [-0.2, -0.15) is 0 Å². The first-order valence-electron chi connectivity index (χ1n) is 10.2. The van der Waals surface area contributed by atoms with E-state index in [9.17, 15) is 14.0 Å². The average molecular weight is 413 g/mol. The fourth-order valence-corrected chi connectivity index (χ4v) is 4.02. The molecule has 4 rings (SSSR count). The van der Waals surface area contributed by atoms with Crippen LogP contribution in [0, 0.1) is 17.7 Å². The Kier molecular flexibility index (Phi) is 6.15. The second-order valence-corrected chi connectivity index (χ2v) is 7.78. The standard InChI is InChI=1S/C21H24FN5O3/c22-17-3-1-6-23-19(17)20(29)26-9-4-15(5-10-26)12-27-13-16(11-18(27)28)14-30-21-24-7-2-8-25-21/h1-3,6-8,15-16H,4-5,9-14H2. The highest BCUT2D eigenvalue weighted by Gasteiger charge is 2.33. The predicted octanol–water partition coefficient (Wildman–Crippen LogP) is 1.79. The van der Waals surface area contributed by atoms with Crippen molar-refractivity contribution in [2.24, 2.45) is 11.8 Å². The molecule has 0 bridgehead atoms. The minimum absolute atomic E-state index is 0.120. The number of rotatable bonds is 6. The first-order valence-corrected chi connectivity index (χ1v) is 10.2. The van der Waals surface area contributed by atoms with E-state index in [1.165, 1.54) is 18.3 Å². The number of likely N-dealkylation sites (tertiary alicyclic amines) is 2. The number of piperidine rings is 1. The quantitative estimate of drug-likeness (QED) is 0.718. The zero-order valence-electron chi connectivity index (χ0n) is 16.6. The summed E-state index contributed by atoms with van der Waals surface area (Å²) < 4.78 is 19.4. The highest BCUT2D eigenvalue weighted by atomic mass is 19.1. The topological polar surface area (TPSA) is 88.5 Å². The minimum atomic E-state index is -0.596. The molecule has 2 saturated heterocycles. The van der Waals surface area contributed by atoms with Crippen LogP contribution in [0.5, 0.6) is 6.01 Å².